The second-order valence-corrected chi connectivity index (χ2v) is 7.96. The Hall–Kier alpha value is -1.16. The molecule has 0 spiro atoms. The van der Waals surface area contributed by atoms with E-state index in [0.29, 0.717) is 5.76 Å². The second-order valence-electron chi connectivity index (χ2n) is 3.91. The van der Waals surface area contributed by atoms with Crippen molar-refractivity contribution < 1.29 is 22.7 Å². The fraction of sp³-hybridized carbons (Fsp3) is 0.182. The highest BCUT2D eigenvalue weighted by molar-refractivity contribution is 9.11. The van der Waals surface area contributed by atoms with Crippen molar-refractivity contribution in [3.05, 3.63) is 38.9 Å². The Bertz CT molecular complexity index is 720. The van der Waals surface area contributed by atoms with Gasteiger partial charge in [0.2, 0.25) is 10.0 Å². The number of carbonyl (C=O) groups is 1. The number of sulfonamides is 1. The molecular formula is C11H10BrNO5S2. The minimum absolute atomic E-state index is 0.0529. The Balaban J connectivity index is 2.29. The van der Waals surface area contributed by atoms with Crippen LogP contribution in [0.25, 0.3) is 0 Å². The first-order valence-electron chi connectivity index (χ1n) is 5.39. The van der Waals surface area contributed by atoms with Gasteiger partial charge in [-0.05, 0) is 41.1 Å². The monoisotopic (exact) mass is 379 g/mol. The Morgan fingerprint density at radius 1 is 1.55 bits per heavy atom. The van der Waals surface area contributed by atoms with Gasteiger partial charge in [0, 0.05) is 0 Å². The van der Waals surface area contributed by atoms with Crippen LogP contribution in [0.3, 0.4) is 0 Å². The number of carboxylic acid groups (broad SMARTS) is 1. The van der Waals surface area contributed by atoms with E-state index in [-0.39, 0.29) is 13.6 Å². The molecule has 108 valence electrons. The van der Waals surface area contributed by atoms with Gasteiger partial charge in [0.05, 0.1) is 16.1 Å². The van der Waals surface area contributed by atoms with Gasteiger partial charge >= 0.3 is 5.97 Å². The van der Waals surface area contributed by atoms with Gasteiger partial charge in [-0.1, -0.05) is 0 Å². The summed E-state index contributed by atoms with van der Waals surface area (Å²) in [5.41, 5.74) is 0. The lowest BCUT2D eigenvalue weighted by atomic mass is 10.3. The lowest BCUT2D eigenvalue weighted by Gasteiger charge is -2.11. The summed E-state index contributed by atoms with van der Waals surface area (Å²) in [6.07, 6.45) is 1.45. The van der Waals surface area contributed by atoms with E-state index in [1.807, 2.05) is 0 Å². The molecule has 1 atom stereocenters. The number of halogens is 1. The lowest BCUT2D eigenvalue weighted by Crippen LogP contribution is -2.26. The van der Waals surface area contributed by atoms with Gasteiger partial charge < -0.3 is 9.52 Å². The van der Waals surface area contributed by atoms with Crippen LogP contribution in [-0.2, 0) is 10.0 Å². The molecular weight excluding hydrogens is 370 g/mol. The summed E-state index contributed by atoms with van der Waals surface area (Å²) in [7, 11) is -3.84. The average Bonchev–Trinajstić information content (AvgIpc) is 2.96. The third-order valence-corrected chi connectivity index (χ3v) is 6.24. The van der Waals surface area contributed by atoms with Crippen molar-refractivity contribution >= 4 is 43.3 Å². The van der Waals surface area contributed by atoms with Crippen LogP contribution in [0, 0.1) is 0 Å². The van der Waals surface area contributed by atoms with Gasteiger partial charge in [-0.25, -0.2) is 17.9 Å². The summed E-state index contributed by atoms with van der Waals surface area (Å²) < 4.78 is 32.2. The summed E-state index contributed by atoms with van der Waals surface area (Å²) in [5.74, 6) is -0.699. The molecule has 2 N–H and O–H groups in total. The second kappa shape index (κ2) is 5.68. The molecule has 2 aromatic heterocycles. The van der Waals surface area contributed by atoms with Crippen molar-refractivity contribution in [2.75, 3.05) is 0 Å². The largest absolute Gasteiger partial charge is 0.477 e. The van der Waals surface area contributed by atoms with E-state index in [4.69, 9.17) is 9.52 Å². The normalized spacial score (nSPS) is 13.3. The highest BCUT2D eigenvalue weighted by Crippen LogP contribution is 2.32. The number of furan rings is 1. The summed E-state index contributed by atoms with van der Waals surface area (Å²) in [6.45, 7) is 1.63. The molecule has 0 aliphatic carbocycles. The fourth-order valence-electron chi connectivity index (χ4n) is 1.53. The quantitative estimate of drug-likeness (QED) is 0.832. The minimum atomic E-state index is -3.84. The summed E-state index contributed by atoms with van der Waals surface area (Å²) >= 11 is 3.92. The predicted molar refractivity (Wildman–Crippen MR) is 76.4 cm³/mol. The summed E-state index contributed by atoms with van der Waals surface area (Å²) in [6, 6.07) is 3.87. The van der Waals surface area contributed by atoms with E-state index in [1.165, 1.54) is 6.26 Å². The molecule has 0 fully saturated rings. The Morgan fingerprint density at radius 3 is 2.75 bits per heavy atom. The average molecular weight is 380 g/mol. The van der Waals surface area contributed by atoms with Crippen LogP contribution in [0.1, 0.15) is 28.4 Å². The van der Waals surface area contributed by atoms with Gasteiger partial charge in [-0.2, -0.15) is 0 Å². The molecule has 0 aliphatic rings. The first-order valence-corrected chi connectivity index (χ1v) is 8.49. The Morgan fingerprint density at radius 2 is 2.25 bits per heavy atom. The maximum atomic E-state index is 12.2. The topological polar surface area (TPSA) is 96.6 Å². The molecule has 0 saturated heterocycles. The number of thiophene rings is 1. The van der Waals surface area contributed by atoms with E-state index in [9.17, 15) is 13.2 Å². The number of rotatable bonds is 5. The van der Waals surface area contributed by atoms with Gasteiger partial charge in [0.15, 0.2) is 0 Å². The van der Waals surface area contributed by atoms with Crippen LogP contribution >= 0.6 is 27.3 Å². The fourth-order valence-corrected chi connectivity index (χ4v) is 5.15. The SMILES string of the molecule is CC(NS(=O)(=O)c1cc(C(=O)O)sc1Br)c1ccco1. The molecule has 9 heteroatoms. The highest BCUT2D eigenvalue weighted by atomic mass is 79.9. The van der Waals surface area contributed by atoms with E-state index in [2.05, 4.69) is 20.7 Å². The molecule has 6 nitrogen and oxygen atoms in total. The number of hydrogen-bond donors (Lipinski definition) is 2. The molecule has 2 heterocycles. The minimum Gasteiger partial charge on any atom is -0.477 e. The maximum absolute atomic E-state index is 12.2. The standard InChI is InChI=1S/C11H10BrNO5S2/c1-6(7-3-2-4-18-7)13-20(16,17)9-5-8(11(14)15)19-10(9)12/h2-6,13H,1H3,(H,14,15). The first-order chi connectivity index (χ1) is 9.31. The van der Waals surface area contributed by atoms with Gasteiger partial charge in [-0.15, -0.1) is 11.3 Å². The highest BCUT2D eigenvalue weighted by Gasteiger charge is 2.25. The molecule has 2 aromatic rings. The van der Waals surface area contributed by atoms with Crippen LogP contribution < -0.4 is 4.72 Å². The number of nitrogens with one attached hydrogen (secondary N) is 1. The number of carboxylic acids is 1. The van der Waals surface area contributed by atoms with Gasteiger partial charge in [0.25, 0.3) is 0 Å². The van der Waals surface area contributed by atoms with E-state index < -0.39 is 22.0 Å². The van der Waals surface area contributed by atoms with Crippen molar-refractivity contribution in [1.29, 1.82) is 0 Å². The van der Waals surface area contributed by atoms with Crippen molar-refractivity contribution in [3.8, 4) is 0 Å². The maximum Gasteiger partial charge on any atom is 0.345 e. The number of hydrogen-bond acceptors (Lipinski definition) is 5. The van der Waals surface area contributed by atoms with Gasteiger partial charge in [-0.3, -0.25) is 0 Å². The van der Waals surface area contributed by atoms with Crippen molar-refractivity contribution in [3.63, 3.8) is 0 Å². The molecule has 20 heavy (non-hydrogen) atoms. The smallest absolute Gasteiger partial charge is 0.345 e. The predicted octanol–water partition coefficient (Wildman–Crippen LogP) is 2.84. The molecule has 2 rings (SSSR count). The van der Waals surface area contributed by atoms with Crippen LogP contribution in [0.2, 0.25) is 0 Å². The zero-order valence-electron chi connectivity index (χ0n) is 10.2. The molecule has 0 saturated carbocycles. The molecule has 1 unspecified atom stereocenters. The molecule has 0 amide bonds. The van der Waals surface area contributed by atoms with Crippen LogP contribution in [0.4, 0.5) is 0 Å². The first kappa shape index (κ1) is 15.2. The summed E-state index contributed by atoms with van der Waals surface area (Å²) in [5, 5.41) is 8.88. The Labute approximate surface area is 127 Å². The molecule has 0 aromatic carbocycles. The van der Waals surface area contributed by atoms with Crippen molar-refractivity contribution in [2.45, 2.75) is 17.9 Å². The van der Waals surface area contributed by atoms with Crippen LogP contribution in [0.15, 0.2) is 37.6 Å². The zero-order chi connectivity index (χ0) is 14.9. The summed E-state index contributed by atoms with van der Waals surface area (Å²) in [4.78, 5) is 10.7. The third-order valence-electron chi connectivity index (χ3n) is 2.46. The molecule has 0 bridgehead atoms. The molecule has 0 aliphatic heterocycles. The van der Waals surface area contributed by atoms with E-state index in [0.717, 1.165) is 17.4 Å². The third kappa shape index (κ3) is 3.11. The van der Waals surface area contributed by atoms with E-state index in [1.54, 1.807) is 19.1 Å². The van der Waals surface area contributed by atoms with Crippen molar-refractivity contribution in [1.82, 2.24) is 4.72 Å². The lowest BCUT2D eigenvalue weighted by molar-refractivity contribution is 0.0702. The number of aromatic carboxylic acids is 1. The van der Waals surface area contributed by atoms with Gasteiger partial charge in [0.1, 0.15) is 15.5 Å². The van der Waals surface area contributed by atoms with E-state index >= 15 is 0 Å². The van der Waals surface area contributed by atoms with Crippen LogP contribution in [0.5, 0.6) is 0 Å². The van der Waals surface area contributed by atoms with Crippen LogP contribution in [-0.4, -0.2) is 19.5 Å². The van der Waals surface area contributed by atoms with Crippen molar-refractivity contribution in [2.24, 2.45) is 0 Å². The zero-order valence-corrected chi connectivity index (χ0v) is 13.4. The molecule has 0 radical (unpaired) electrons. The Kier molecular flexibility index (Phi) is 4.33.